The highest BCUT2D eigenvalue weighted by atomic mass is 19.4. The third-order valence-electron chi connectivity index (χ3n) is 6.13. The molecule has 1 aromatic carbocycles. The third-order valence-corrected chi connectivity index (χ3v) is 6.13. The van der Waals surface area contributed by atoms with E-state index in [-0.39, 0.29) is 36.5 Å². The number of anilines is 1. The number of halogens is 3. The van der Waals surface area contributed by atoms with Gasteiger partial charge < -0.3 is 9.47 Å². The molecule has 4 rings (SSSR count). The number of fused-ring (bicyclic) bond motifs is 1. The largest absolute Gasteiger partial charge is 0.417 e. The molecule has 1 unspecified atom stereocenters. The molecule has 0 spiro atoms. The first-order valence-electron chi connectivity index (χ1n) is 11.5. The normalized spacial score (nSPS) is 15.3. The van der Waals surface area contributed by atoms with E-state index in [2.05, 4.69) is 22.1 Å². The van der Waals surface area contributed by atoms with Crippen LogP contribution in [0.25, 0.3) is 11.0 Å². The number of rotatable bonds is 7. The Morgan fingerprint density at radius 1 is 1.11 bits per heavy atom. The van der Waals surface area contributed by atoms with Gasteiger partial charge in [0.05, 0.1) is 16.6 Å². The fraction of sp³-hybridized carbons (Fsp3) is 0.308. The third kappa shape index (κ3) is 5.48. The fourth-order valence-electron chi connectivity index (χ4n) is 4.01. The van der Waals surface area contributed by atoms with E-state index in [0.717, 1.165) is 24.1 Å². The Labute approximate surface area is 206 Å². The van der Waals surface area contributed by atoms with Crippen molar-refractivity contribution in [3.05, 3.63) is 78.3 Å². The van der Waals surface area contributed by atoms with E-state index in [0.29, 0.717) is 24.1 Å². The molecular weight excluding hydrogens is 471 g/mol. The molecule has 1 aliphatic carbocycles. The standard InChI is InChI=1S/C26H26F3N5O2/c1-32(15-14-23(35)33(2)22-13-12-19(16-30-22)26(27,28)29)25(36)24-31-20-10-6-7-11-21(20)34(24)17-18-8-4-3-5-9-18/h3-8,10-13,16,18H,9,14-15,17H2,1-2H3. The Morgan fingerprint density at radius 3 is 2.56 bits per heavy atom. The molecule has 0 saturated heterocycles. The van der Waals surface area contributed by atoms with Gasteiger partial charge in [0.2, 0.25) is 5.91 Å². The second-order valence-electron chi connectivity index (χ2n) is 8.68. The smallest absolute Gasteiger partial charge is 0.339 e. The first kappa shape index (κ1) is 25.2. The summed E-state index contributed by atoms with van der Waals surface area (Å²) in [5.74, 6) is -0.0691. The molecule has 2 amide bonds. The Balaban J connectivity index is 1.44. The molecule has 0 fully saturated rings. The van der Waals surface area contributed by atoms with Crippen LogP contribution in [0, 0.1) is 5.92 Å². The van der Waals surface area contributed by atoms with Crippen molar-refractivity contribution in [3.8, 4) is 0 Å². The SMILES string of the molecule is CN(CCC(=O)N(C)c1ccc(C(F)(F)F)cn1)C(=O)c1nc2ccccc2n1CC1C=CC=CC1. The van der Waals surface area contributed by atoms with E-state index in [1.807, 2.05) is 41.0 Å². The molecule has 2 heterocycles. The number of hydrogen-bond donors (Lipinski definition) is 0. The lowest BCUT2D eigenvalue weighted by Crippen LogP contribution is -2.35. The van der Waals surface area contributed by atoms with Crippen LogP contribution in [-0.4, -0.2) is 51.9 Å². The maximum Gasteiger partial charge on any atom is 0.417 e. The van der Waals surface area contributed by atoms with Crippen LogP contribution in [0.1, 0.15) is 29.0 Å². The van der Waals surface area contributed by atoms with Crippen LogP contribution in [0.3, 0.4) is 0 Å². The number of aromatic nitrogens is 3. The molecule has 0 bridgehead atoms. The van der Waals surface area contributed by atoms with Crippen molar-refractivity contribution in [2.45, 2.75) is 25.6 Å². The van der Waals surface area contributed by atoms with E-state index in [9.17, 15) is 22.8 Å². The molecule has 188 valence electrons. The number of imidazole rings is 1. The van der Waals surface area contributed by atoms with Gasteiger partial charge in [-0.05, 0) is 36.6 Å². The molecule has 1 atom stereocenters. The van der Waals surface area contributed by atoms with Crippen LogP contribution in [0.2, 0.25) is 0 Å². The highest BCUT2D eigenvalue weighted by molar-refractivity contribution is 5.96. The minimum Gasteiger partial charge on any atom is -0.339 e. The van der Waals surface area contributed by atoms with Gasteiger partial charge in [0.1, 0.15) is 5.82 Å². The predicted octanol–water partition coefficient (Wildman–Crippen LogP) is 4.71. The molecule has 1 aliphatic rings. The minimum absolute atomic E-state index is 0.0299. The lowest BCUT2D eigenvalue weighted by atomic mass is 10.0. The van der Waals surface area contributed by atoms with E-state index in [1.54, 1.807) is 7.05 Å². The minimum atomic E-state index is -4.50. The Kier molecular flexibility index (Phi) is 7.23. The van der Waals surface area contributed by atoms with Crippen molar-refractivity contribution >= 4 is 28.7 Å². The fourth-order valence-corrected chi connectivity index (χ4v) is 4.01. The van der Waals surface area contributed by atoms with E-state index in [4.69, 9.17) is 0 Å². The molecule has 36 heavy (non-hydrogen) atoms. The highest BCUT2D eigenvalue weighted by Gasteiger charge is 2.31. The molecule has 3 aromatic rings. The monoisotopic (exact) mass is 497 g/mol. The quantitative estimate of drug-likeness (QED) is 0.474. The molecule has 0 radical (unpaired) electrons. The van der Waals surface area contributed by atoms with Crippen LogP contribution in [0.5, 0.6) is 0 Å². The van der Waals surface area contributed by atoms with Crippen LogP contribution in [0.4, 0.5) is 19.0 Å². The zero-order valence-electron chi connectivity index (χ0n) is 19.9. The number of alkyl halides is 3. The summed E-state index contributed by atoms with van der Waals surface area (Å²) in [5.41, 5.74) is 0.690. The maximum atomic E-state index is 13.3. The number of carbonyl (C=O) groups excluding carboxylic acids is 2. The summed E-state index contributed by atoms with van der Waals surface area (Å²) in [5, 5.41) is 0. The maximum absolute atomic E-state index is 13.3. The number of carbonyl (C=O) groups is 2. The van der Waals surface area contributed by atoms with E-state index in [1.165, 1.54) is 16.8 Å². The summed E-state index contributed by atoms with van der Waals surface area (Å²) in [6, 6.07) is 9.58. The van der Waals surface area contributed by atoms with Crippen molar-refractivity contribution in [1.29, 1.82) is 0 Å². The topological polar surface area (TPSA) is 71.3 Å². The summed E-state index contributed by atoms with van der Waals surface area (Å²) in [6.07, 6.45) is 5.21. The number of nitrogens with zero attached hydrogens (tertiary/aromatic N) is 5. The van der Waals surface area contributed by atoms with Gasteiger partial charge in [0.15, 0.2) is 5.82 Å². The second-order valence-corrected chi connectivity index (χ2v) is 8.68. The molecule has 7 nitrogen and oxygen atoms in total. The average Bonchev–Trinajstić information content (AvgIpc) is 3.24. The summed E-state index contributed by atoms with van der Waals surface area (Å²) in [6.45, 7) is 0.704. The molecular formula is C26H26F3N5O2. The molecule has 10 heteroatoms. The number of pyridine rings is 1. The van der Waals surface area contributed by atoms with Crippen molar-refractivity contribution in [1.82, 2.24) is 19.4 Å². The lowest BCUT2D eigenvalue weighted by molar-refractivity contribution is -0.137. The van der Waals surface area contributed by atoms with Gasteiger partial charge in [-0.1, -0.05) is 36.4 Å². The zero-order valence-corrected chi connectivity index (χ0v) is 19.9. The number of allylic oxidation sites excluding steroid dienone is 4. The van der Waals surface area contributed by atoms with Gasteiger partial charge in [-0.15, -0.1) is 0 Å². The number of amides is 2. The first-order chi connectivity index (χ1) is 17.1. The van der Waals surface area contributed by atoms with Gasteiger partial charge in [-0.25, -0.2) is 9.97 Å². The highest BCUT2D eigenvalue weighted by Crippen LogP contribution is 2.29. The summed E-state index contributed by atoms with van der Waals surface area (Å²) in [4.78, 5) is 36.9. The molecule has 0 aliphatic heterocycles. The van der Waals surface area contributed by atoms with Gasteiger partial charge in [0.25, 0.3) is 5.91 Å². The summed E-state index contributed by atoms with van der Waals surface area (Å²) >= 11 is 0. The number of hydrogen-bond acceptors (Lipinski definition) is 4. The average molecular weight is 498 g/mol. The van der Waals surface area contributed by atoms with Crippen molar-refractivity contribution in [2.24, 2.45) is 5.92 Å². The summed E-state index contributed by atoms with van der Waals surface area (Å²) < 4.78 is 40.2. The molecule has 0 saturated carbocycles. The van der Waals surface area contributed by atoms with Crippen molar-refractivity contribution < 1.29 is 22.8 Å². The number of benzene rings is 1. The van der Waals surface area contributed by atoms with Crippen molar-refractivity contribution in [3.63, 3.8) is 0 Å². The van der Waals surface area contributed by atoms with Crippen LogP contribution in [-0.2, 0) is 17.5 Å². The second kappa shape index (κ2) is 10.3. The van der Waals surface area contributed by atoms with Crippen LogP contribution < -0.4 is 4.90 Å². The van der Waals surface area contributed by atoms with Crippen LogP contribution >= 0.6 is 0 Å². The number of para-hydroxylation sites is 2. The van der Waals surface area contributed by atoms with Gasteiger partial charge >= 0.3 is 6.18 Å². The Morgan fingerprint density at radius 2 is 1.89 bits per heavy atom. The van der Waals surface area contributed by atoms with Gasteiger partial charge in [0, 0.05) is 39.8 Å². The van der Waals surface area contributed by atoms with Crippen LogP contribution in [0.15, 0.2) is 66.9 Å². The lowest BCUT2D eigenvalue weighted by Gasteiger charge is -2.21. The predicted molar refractivity (Wildman–Crippen MR) is 130 cm³/mol. The Bertz CT molecular complexity index is 1310. The first-order valence-corrected chi connectivity index (χ1v) is 11.5. The Hall–Kier alpha value is -3.95. The molecule has 0 N–H and O–H groups in total. The van der Waals surface area contributed by atoms with Gasteiger partial charge in [-0.2, -0.15) is 13.2 Å². The molecule has 2 aromatic heterocycles. The van der Waals surface area contributed by atoms with E-state index >= 15 is 0 Å². The van der Waals surface area contributed by atoms with E-state index < -0.39 is 11.7 Å². The summed E-state index contributed by atoms with van der Waals surface area (Å²) in [7, 11) is 3.03. The zero-order chi connectivity index (χ0) is 25.9. The van der Waals surface area contributed by atoms with Gasteiger partial charge in [-0.3, -0.25) is 14.5 Å². The van der Waals surface area contributed by atoms with Crippen molar-refractivity contribution in [2.75, 3.05) is 25.5 Å².